The first-order valence-electron chi connectivity index (χ1n) is 11.2. The zero-order chi connectivity index (χ0) is 21.2. The molecule has 6 heteroatoms. The lowest BCUT2D eigenvalue weighted by atomic mass is 9.95. The van der Waals surface area contributed by atoms with Gasteiger partial charge in [-0.3, -0.25) is 9.59 Å². The van der Waals surface area contributed by atoms with Crippen LogP contribution in [-0.4, -0.2) is 46.2 Å². The van der Waals surface area contributed by atoms with Gasteiger partial charge in [0.25, 0.3) is 0 Å². The van der Waals surface area contributed by atoms with Crippen molar-refractivity contribution in [1.29, 1.82) is 0 Å². The minimum Gasteiger partial charge on any atom is -0.341 e. The molecule has 2 fully saturated rings. The molecule has 1 atom stereocenters. The zero-order valence-electron chi connectivity index (χ0n) is 17.6. The lowest BCUT2D eigenvalue weighted by Crippen LogP contribution is -2.49. The summed E-state index contributed by atoms with van der Waals surface area (Å²) in [6.07, 6.45) is 4.25. The van der Waals surface area contributed by atoms with Gasteiger partial charge in [0, 0.05) is 32.0 Å². The van der Waals surface area contributed by atoms with E-state index in [-0.39, 0.29) is 11.8 Å². The summed E-state index contributed by atoms with van der Waals surface area (Å²) in [5.74, 6) is 0.551. The van der Waals surface area contributed by atoms with E-state index >= 15 is 0 Å². The van der Waals surface area contributed by atoms with Gasteiger partial charge in [-0.2, -0.15) is 0 Å². The van der Waals surface area contributed by atoms with Crippen molar-refractivity contribution in [3.63, 3.8) is 0 Å². The topological polar surface area (TPSA) is 53.5 Å². The predicted molar refractivity (Wildman–Crippen MR) is 123 cm³/mol. The monoisotopic (exact) mass is 433 g/mol. The van der Waals surface area contributed by atoms with E-state index in [0.717, 1.165) is 36.8 Å². The largest absolute Gasteiger partial charge is 0.341 e. The summed E-state index contributed by atoms with van der Waals surface area (Å²) in [4.78, 5) is 34.9. The molecule has 5 rings (SSSR count). The molecule has 2 aliphatic rings. The van der Waals surface area contributed by atoms with Crippen molar-refractivity contribution in [2.45, 2.75) is 44.1 Å². The summed E-state index contributed by atoms with van der Waals surface area (Å²) in [6, 6.07) is 17.5. The normalized spacial score (nSPS) is 19.0. The van der Waals surface area contributed by atoms with Crippen LogP contribution in [0, 0.1) is 0 Å². The molecule has 0 saturated carbocycles. The molecule has 0 radical (unpaired) electrons. The van der Waals surface area contributed by atoms with Gasteiger partial charge in [0.1, 0.15) is 6.04 Å². The third kappa shape index (κ3) is 4.09. The second-order valence-corrected chi connectivity index (χ2v) is 9.54. The van der Waals surface area contributed by atoms with Crippen molar-refractivity contribution in [3.8, 4) is 0 Å². The molecule has 2 amide bonds. The van der Waals surface area contributed by atoms with E-state index < -0.39 is 6.04 Å². The zero-order valence-corrected chi connectivity index (χ0v) is 18.4. The van der Waals surface area contributed by atoms with Crippen LogP contribution in [0.4, 0.5) is 0 Å². The van der Waals surface area contributed by atoms with E-state index in [9.17, 15) is 9.59 Å². The standard InChI is InChI=1S/C25H27N3O2S/c29-22-12-6-7-15-28(22)23(18-8-2-1-3-9-18)25(30)27-16-13-19(14-17-27)24-26-20-10-4-5-11-21(20)31-24/h1-5,8-11,19,23H,6-7,12-17H2. The Morgan fingerprint density at radius 3 is 2.45 bits per heavy atom. The number of aromatic nitrogens is 1. The number of piperidine rings is 2. The second kappa shape index (κ2) is 8.79. The van der Waals surface area contributed by atoms with Gasteiger partial charge < -0.3 is 9.80 Å². The third-order valence-corrected chi connectivity index (χ3v) is 7.69. The number of fused-ring (bicyclic) bond motifs is 1. The van der Waals surface area contributed by atoms with E-state index in [0.29, 0.717) is 32.0 Å². The summed E-state index contributed by atoms with van der Waals surface area (Å²) in [6.45, 7) is 2.09. The molecule has 0 spiro atoms. The Labute approximate surface area is 186 Å². The highest BCUT2D eigenvalue weighted by molar-refractivity contribution is 7.18. The highest BCUT2D eigenvalue weighted by atomic mass is 32.1. The maximum Gasteiger partial charge on any atom is 0.250 e. The fourth-order valence-corrected chi connectivity index (χ4v) is 5.91. The first-order valence-corrected chi connectivity index (χ1v) is 12.0. The van der Waals surface area contributed by atoms with Crippen molar-refractivity contribution in [2.24, 2.45) is 0 Å². The van der Waals surface area contributed by atoms with Crippen molar-refractivity contribution in [2.75, 3.05) is 19.6 Å². The molecule has 160 valence electrons. The molecule has 1 aromatic heterocycles. The second-order valence-electron chi connectivity index (χ2n) is 8.48. The number of amides is 2. The van der Waals surface area contributed by atoms with Gasteiger partial charge in [-0.05, 0) is 43.4 Å². The number of carbonyl (C=O) groups excluding carboxylic acids is 2. The summed E-state index contributed by atoms with van der Waals surface area (Å²) in [5.41, 5.74) is 1.98. The Bertz CT molecular complexity index is 1040. The third-order valence-electron chi connectivity index (χ3n) is 6.49. The number of para-hydroxylation sites is 1. The van der Waals surface area contributed by atoms with E-state index in [1.54, 1.807) is 16.2 Å². The van der Waals surface area contributed by atoms with Crippen molar-refractivity contribution >= 4 is 33.4 Å². The number of nitrogens with zero attached hydrogens (tertiary/aromatic N) is 3. The first kappa shape index (κ1) is 20.2. The van der Waals surface area contributed by atoms with Crippen molar-refractivity contribution in [3.05, 3.63) is 65.2 Å². The van der Waals surface area contributed by atoms with Crippen LogP contribution in [0.1, 0.15) is 54.6 Å². The molecule has 5 nitrogen and oxygen atoms in total. The van der Waals surface area contributed by atoms with Crippen LogP contribution in [0.5, 0.6) is 0 Å². The average Bonchev–Trinajstić information content (AvgIpc) is 3.26. The minimum absolute atomic E-state index is 0.0594. The number of rotatable bonds is 4. The summed E-state index contributed by atoms with van der Waals surface area (Å²) >= 11 is 1.77. The Kier molecular flexibility index (Phi) is 5.72. The molecule has 0 bridgehead atoms. The van der Waals surface area contributed by atoms with Gasteiger partial charge in [0.2, 0.25) is 11.8 Å². The molecular weight excluding hydrogens is 406 g/mol. The number of benzene rings is 2. The fourth-order valence-electron chi connectivity index (χ4n) is 4.78. The van der Waals surface area contributed by atoms with Crippen molar-refractivity contribution < 1.29 is 9.59 Å². The number of carbonyl (C=O) groups is 2. The molecule has 2 saturated heterocycles. The number of thiazole rings is 1. The highest BCUT2D eigenvalue weighted by Crippen LogP contribution is 2.35. The first-order chi connectivity index (χ1) is 15.2. The average molecular weight is 434 g/mol. The minimum atomic E-state index is -0.506. The van der Waals surface area contributed by atoms with Gasteiger partial charge in [-0.15, -0.1) is 11.3 Å². The number of likely N-dealkylation sites (tertiary alicyclic amines) is 2. The summed E-state index contributed by atoms with van der Waals surface area (Å²) in [5, 5.41) is 1.18. The molecule has 0 N–H and O–H groups in total. The van der Waals surface area contributed by atoms with Gasteiger partial charge >= 0.3 is 0 Å². The lowest BCUT2D eigenvalue weighted by Gasteiger charge is -2.39. The van der Waals surface area contributed by atoms with Gasteiger partial charge in [0.15, 0.2) is 0 Å². The Hall–Kier alpha value is -2.73. The molecule has 1 unspecified atom stereocenters. The highest BCUT2D eigenvalue weighted by Gasteiger charge is 2.36. The maximum atomic E-state index is 13.6. The maximum absolute atomic E-state index is 13.6. The van der Waals surface area contributed by atoms with Crippen LogP contribution in [0.25, 0.3) is 10.2 Å². The number of hydrogen-bond acceptors (Lipinski definition) is 4. The quantitative estimate of drug-likeness (QED) is 0.596. The molecule has 2 aliphatic heterocycles. The molecule has 31 heavy (non-hydrogen) atoms. The fraction of sp³-hybridized carbons (Fsp3) is 0.400. The van der Waals surface area contributed by atoms with Crippen LogP contribution >= 0.6 is 11.3 Å². The molecule has 3 heterocycles. The van der Waals surface area contributed by atoms with Crippen LogP contribution in [0.15, 0.2) is 54.6 Å². The van der Waals surface area contributed by atoms with E-state index in [1.165, 1.54) is 9.71 Å². The van der Waals surface area contributed by atoms with Crippen LogP contribution < -0.4 is 0 Å². The molecule has 3 aromatic rings. The van der Waals surface area contributed by atoms with E-state index in [2.05, 4.69) is 18.2 Å². The van der Waals surface area contributed by atoms with Crippen LogP contribution in [-0.2, 0) is 9.59 Å². The predicted octanol–water partition coefficient (Wildman–Crippen LogP) is 4.76. The SMILES string of the molecule is O=C(C(c1ccccc1)N1CCCCC1=O)N1CCC(c2nc3ccccc3s2)CC1. The smallest absolute Gasteiger partial charge is 0.250 e. The van der Waals surface area contributed by atoms with Gasteiger partial charge in [0.05, 0.1) is 15.2 Å². The van der Waals surface area contributed by atoms with Gasteiger partial charge in [-0.1, -0.05) is 42.5 Å². The summed E-state index contributed by atoms with van der Waals surface area (Å²) in [7, 11) is 0. The molecule has 0 aliphatic carbocycles. The lowest BCUT2D eigenvalue weighted by molar-refractivity contribution is -0.148. The van der Waals surface area contributed by atoms with Crippen molar-refractivity contribution in [1.82, 2.24) is 14.8 Å². The number of hydrogen-bond donors (Lipinski definition) is 0. The molecular formula is C25H27N3O2S. The van der Waals surface area contributed by atoms with Crippen LogP contribution in [0.2, 0.25) is 0 Å². The van der Waals surface area contributed by atoms with E-state index in [1.807, 2.05) is 41.3 Å². The van der Waals surface area contributed by atoms with Crippen LogP contribution in [0.3, 0.4) is 0 Å². The molecule has 2 aromatic carbocycles. The van der Waals surface area contributed by atoms with Gasteiger partial charge in [-0.25, -0.2) is 4.98 Å². The Balaban J connectivity index is 1.32. The van der Waals surface area contributed by atoms with E-state index in [4.69, 9.17) is 4.98 Å². The Morgan fingerprint density at radius 1 is 0.968 bits per heavy atom. The Morgan fingerprint density at radius 2 is 1.71 bits per heavy atom. The summed E-state index contributed by atoms with van der Waals surface area (Å²) < 4.78 is 1.23.